The van der Waals surface area contributed by atoms with Crippen molar-refractivity contribution in [2.45, 2.75) is 18.8 Å². The summed E-state index contributed by atoms with van der Waals surface area (Å²) in [5.41, 5.74) is 2.30. The number of methoxy groups -OCH3 is 1. The molecule has 0 atom stereocenters. The van der Waals surface area contributed by atoms with Gasteiger partial charge in [-0.25, -0.2) is 14.8 Å². The standard InChI is InChI=1S/C27H29Cl2N7O4/c1-4-23(38)34-18-11-16(15-7-9-30-10-8-15)5-6-17(18)33-21-13-22(32-14-31-21)36(2)27(39)35-26-24(28)19(37)12-20(40-3)25(26)29/h4-6,11-15,30,37H,1,7-10H2,2-3H3,(H,34,38)(H,35,39)(H,31,32,33). The monoisotopic (exact) mass is 585 g/mol. The number of hydrogen-bond donors (Lipinski definition) is 5. The SMILES string of the molecule is C=CC(=O)Nc1cc(C2CCNCC2)ccc1Nc1cc(N(C)C(=O)Nc2c(Cl)c(O)cc(OC)c2Cl)ncn1. The Morgan fingerprint density at radius 1 is 1.12 bits per heavy atom. The topological polar surface area (TPSA) is 141 Å². The quantitative estimate of drug-likeness (QED) is 0.218. The summed E-state index contributed by atoms with van der Waals surface area (Å²) in [6, 6.07) is 8.04. The van der Waals surface area contributed by atoms with Gasteiger partial charge in [0.1, 0.15) is 39.5 Å². The number of aromatic hydroxyl groups is 1. The summed E-state index contributed by atoms with van der Waals surface area (Å²) in [5.74, 6) is 0.508. The van der Waals surface area contributed by atoms with Crippen LogP contribution in [0.15, 0.2) is 49.3 Å². The number of nitrogens with zero attached hydrogens (tertiary/aromatic N) is 3. The smallest absolute Gasteiger partial charge is 0.327 e. The molecule has 4 rings (SSSR count). The Morgan fingerprint density at radius 2 is 1.88 bits per heavy atom. The Balaban J connectivity index is 1.56. The second-order valence-electron chi connectivity index (χ2n) is 9.00. The minimum Gasteiger partial charge on any atom is -0.506 e. The van der Waals surface area contributed by atoms with Gasteiger partial charge in [-0.15, -0.1) is 0 Å². The number of nitrogens with one attached hydrogen (secondary N) is 4. The average molecular weight is 586 g/mol. The van der Waals surface area contributed by atoms with Crippen molar-refractivity contribution < 1.29 is 19.4 Å². The first-order valence-corrected chi connectivity index (χ1v) is 13.1. The van der Waals surface area contributed by atoms with Crippen molar-refractivity contribution in [3.8, 4) is 11.5 Å². The van der Waals surface area contributed by atoms with E-state index in [1.165, 1.54) is 37.5 Å². The molecule has 0 aliphatic carbocycles. The van der Waals surface area contributed by atoms with E-state index in [1.54, 1.807) is 6.07 Å². The fourth-order valence-electron chi connectivity index (χ4n) is 4.26. The molecule has 40 heavy (non-hydrogen) atoms. The molecule has 0 saturated carbocycles. The molecule has 0 spiro atoms. The van der Waals surface area contributed by atoms with Crippen LogP contribution in [-0.2, 0) is 4.79 Å². The molecule has 1 saturated heterocycles. The number of ether oxygens (including phenoxy) is 1. The van der Waals surface area contributed by atoms with E-state index in [0.29, 0.717) is 23.1 Å². The van der Waals surface area contributed by atoms with E-state index in [0.717, 1.165) is 31.5 Å². The molecular weight excluding hydrogens is 557 g/mol. The van der Waals surface area contributed by atoms with Crippen LogP contribution in [0.4, 0.5) is 33.5 Å². The molecule has 1 aliphatic rings. The van der Waals surface area contributed by atoms with Crippen molar-refractivity contribution in [3.05, 3.63) is 64.9 Å². The minimum absolute atomic E-state index is 0.0131. The van der Waals surface area contributed by atoms with E-state index in [9.17, 15) is 14.7 Å². The van der Waals surface area contributed by atoms with Gasteiger partial charge in [0.15, 0.2) is 0 Å². The fraction of sp³-hybridized carbons (Fsp3) is 0.259. The van der Waals surface area contributed by atoms with Crippen LogP contribution in [-0.4, -0.2) is 54.3 Å². The van der Waals surface area contributed by atoms with Gasteiger partial charge in [-0.05, 0) is 55.6 Å². The van der Waals surface area contributed by atoms with E-state index in [4.69, 9.17) is 27.9 Å². The van der Waals surface area contributed by atoms with Crippen molar-refractivity contribution >= 4 is 63.8 Å². The van der Waals surface area contributed by atoms with Gasteiger partial charge in [0.25, 0.3) is 0 Å². The second-order valence-corrected chi connectivity index (χ2v) is 9.76. The van der Waals surface area contributed by atoms with Crippen molar-refractivity contribution in [1.82, 2.24) is 15.3 Å². The van der Waals surface area contributed by atoms with Gasteiger partial charge in [0.2, 0.25) is 5.91 Å². The van der Waals surface area contributed by atoms with E-state index >= 15 is 0 Å². The average Bonchev–Trinajstić information content (AvgIpc) is 2.98. The van der Waals surface area contributed by atoms with Crippen LogP contribution < -0.4 is 30.9 Å². The lowest BCUT2D eigenvalue weighted by Gasteiger charge is -2.24. The number of rotatable bonds is 8. The highest BCUT2D eigenvalue weighted by Gasteiger charge is 2.22. The molecule has 1 fully saturated rings. The molecule has 2 aromatic carbocycles. The van der Waals surface area contributed by atoms with Gasteiger partial charge >= 0.3 is 6.03 Å². The molecule has 5 N–H and O–H groups in total. The summed E-state index contributed by atoms with van der Waals surface area (Å²) >= 11 is 12.5. The molecule has 0 radical (unpaired) electrons. The van der Waals surface area contributed by atoms with Crippen LogP contribution in [0.3, 0.4) is 0 Å². The molecule has 0 unspecified atom stereocenters. The Hall–Kier alpha value is -4.06. The minimum atomic E-state index is -0.633. The van der Waals surface area contributed by atoms with Crippen molar-refractivity contribution in [3.63, 3.8) is 0 Å². The fourth-order valence-corrected chi connectivity index (χ4v) is 4.77. The maximum atomic E-state index is 13.0. The Labute approximate surface area is 241 Å². The number of benzene rings is 2. The van der Waals surface area contributed by atoms with Gasteiger partial charge in [-0.2, -0.15) is 0 Å². The molecule has 11 nitrogen and oxygen atoms in total. The number of halogens is 2. The zero-order valence-electron chi connectivity index (χ0n) is 21.9. The lowest BCUT2D eigenvalue weighted by Crippen LogP contribution is -2.32. The van der Waals surface area contributed by atoms with E-state index in [2.05, 4.69) is 37.8 Å². The lowest BCUT2D eigenvalue weighted by molar-refractivity contribution is -0.111. The maximum absolute atomic E-state index is 13.0. The summed E-state index contributed by atoms with van der Waals surface area (Å²) in [6.07, 6.45) is 4.52. The summed E-state index contributed by atoms with van der Waals surface area (Å²) in [6.45, 7) is 5.43. The maximum Gasteiger partial charge on any atom is 0.327 e. The summed E-state index contributed by atoms with van der Waals surface area (Å²) in [7, 11) is 2.86. The normalized spacial score (nSPS) is 13.3. The summed E-state index contributed by atoms with van der Waals surface area (Å²) in [5, 5.41) is 21.9. The molecule has 210 valence electrons. The molecule has 2 heterocycles. The van der Waals surface area contributed by atoms with Crippen molar-refractivity contribution in [2.24, 2.45) is 0 Å². The van der Waals surface area contributed by atoms with Gasteiger partial charge in [0, 0.05) is 19.2 Å². The highest BCUT2D eigenvalue weighted by molar-refractivity contribution is 6.41. The number of piperidine rings is 1. The number of carbonyl (C=O) groups is 2. The highest BCUT2D eigenvalue weighted by atomic mass is 35.5. The zero-order chi connectivity index (χ0) is 28.8. The van der Waals surface area contributed by atoms with Gasteiger partial charge < -0.3 is 31.1 Å². The van der Waals surface area contributed by atoms with Gasteiger partial charge in [-0.3, -0.25) is 9.69 Å². The number of amides is 3. The van der Waals surface area contributed by atoms with Crippen LogP contribution in [0.5, 0.6) is 11.5 Å². The first-order chi connectivity index (χ1) is 19.2. The van der Waals surface area contributed by atoms with E-state index in [1.807, 2.05) is 18.2 Å². The first kappa shape index (κ1) is 28.9. The number of phenols is 1. The van der Waals surface area contributed by atoms with Crippen molar-refractivity contribution in [2.75, 3.05) is 48.1 Å². The second kappa shape index (κ2) is 12.9. The number of aromatic nitrogens is 2. The molecule has 3 amide bonds. The van der Waals surface area contributed by atoms with Crippen LogP contribution in [0, 0.1) is 0 Å². The number of phenolic OH excluding ortho intramolecular Hbond substituents is 1. The van der Waals surface area contributed by atoms with Crippen LogP contribution in [0.1, 0.15) is 24.3 Å². The van der Waals surface area contributed by atoms with Crippen molar-refractivity contribution in [1.29, 1.82) is 0 Å². The number of anilines is 5. The molecular formula is C27H29Cl2N7O4. The van der Waals surface area contributed by atoms with E-state index in [-0.39, 0.29) is 39.0 Å². The molecule has 0 bridgehead atoms. The molecule has 1 aromatic heterocycles. The largest absolute Gasteiger partial charge is 0.506 e. The van der Waals surface area contributed by atoms with E-state index < -0.39 is 6.03 Å². The van der Waals surface area contributed by atoms with Crippen LogP contribution in [0.25, 0.3) is 0 Å². The Bertz CT molecular complexity index is 1430. The summed E-state index contributed by atoms with van der Waals surface area (Å²) in [4.78, 5) is 34.9. The predicted octanol–water partition coefficient (Wildman–Crippen LogP) is 5.50. The molecule has 1 aliphatic heterocycles. The first-order valence-electron chi connectivity index (χ1n) is 12.4. The number of urea groups is 1. The molecule has 13 heteroatoms. The third-order valence-electron chi connectivity index (χ3n) is 6.46. The highest BCUT2D eigenvalue weighted by Crippen LogP contribution is 2.43. The van der Waals surface area contributed by atoms with Crippen LogP contribution >= 0.6 is 23.2 Å². The number of carbonyl (C=O) groups excluding carboxylic acids is 2. The van der Waals surface area contributed by atoms with Crippen LogP contribution in [0.2, 0.25) is 10.0 Å². The third kappa shape index (κ3) is 6.56. The summed E-state index contributed by atoms with van der Waals surface area (Å²) < 4.78 is 5.12. The number of hydrogen-bond acceptors (Lipinski definition) is 8. The Morgan fingerprint density at radius 3 is 2.58 bits per heavy atom. The zero-order valence-corrected chi connectivity index (χ0v) is 23.4. The third-order valence-corrected chi connectivity index (χ3v) is 7.22. The predicted molar refractivity (Wildman–Crippen MR) is 158 cm³/mol. The molecule has 3 aromatic rings. The van der Waals surface area contributed by atoms with Gasteiger partial charge in [0.05, 0.1) is 24.2 Å². The Kier molecular flexibility index (Phi) is 9.30. The van der Waals surface area contributed by atoms with Gasteiger partial charge in [-0.1, -0.05) is 35.8 Å². The lowest BCUT2D eigenvalue weighted by atomic mass is 9.90.